The molecule has 0 spiro atoms. The fourth-order valence-corrected chi connectivity index (χ4v) is 2.17. The van der Waals surface area contributed by atoms with Crippen LogP contribution in [0.2, 0.25) is 0 Å². The molecule has 5 heteroatoms. The highest BCUT2D eigenvalue weighted by Crippen LogP contribution is 2.15. The van der Waals surface area contributed by atoms with Crippen molar-refractivity contribution in [3.8, 4) is 0 Å². The molecule has 1 aromatic carbocycles. The van der Waals surface area contributed by atoms with E-state index in [9.17, 15) is 0 Å². The van der Waals surface area contributed by atoms with Crippen LogP contribution in [0, 0.1) is 0 Å². The Kier molecular flexibility index (Phi) is 2.03. The van der Waals surface area contributed by atoms with Gasteiger partial charge < -0.3 is 5.73 Å². The molecule has 1 aliphatic rings. The lowest BCUT2D eigenvalue weighted by Crippen LogP contribution is -2.12. The zero-order valence-corrected chi connectivity index (χ0v) is 8.32. The molecular weight excluding hydrogens is 267 g/mol. The summed E-state index contributed by atoms with van der Waals surface area (Å²) >= 11 is -0.289. The molecular formula is C7H7IN4. The fourth-order valence-electron chi connectivity index (χ4n) is 0.881. The predicted molar refractivity (Wildman–Crippen MR) is 57.0 cm³/mol. The first-order valence-corrected chi connectivity index (χ1v) is 5.44. The van der Waals surface area contributed by atoms with Crippen molar-refractivity contribution in [3.63, 3.8) is 0 Å². The van der Waals surface area contributed by atoms with E-state index in [1.54, 1.807) is 0 Å². The van der Waals surface area contributed by atoms with Crippen molar-refractivity contribution >= 4 is 30.3 Å². The molecule has 0 fully saturated rings. The first kappa shape index (κ1) is 7.66. The lowest BCUT2D eigenvalue weighted by Gasteiger charge is -1.99. The Morgan fingerprint density at radius 1 is 1.25 bits per heavy atom. The summed E-state index contributed by atoms with van der Waals surface area (Å²) in [5, 5.41) is 3.72. The quantitative estimate of drug-likeness (QED) is 0.603. The zero-order chi connectivity index (χ0) is 8.39. The predicted octanol–water partition coefficient (Wildman–Crippen LogP) is 1.60. The lowest BCUT2D eigenvalue weighted by molar-refractivity contribution is 0.978. The third kappa shape index (κ3) is 1.45. The molecule has 0 amide bonds. The van der Waals surface area contributed by atoms with Gasteiger partial charge in [0.25, 0.3) is 0 Å². The van der Waals surface area contributed by atoms with Gasteiger partial charge in [-0.05, 0) is 12.1 Å². The molecule has 2 rings (SSSR count). The third-order valence-corrected chi connectivity index (χ3v) is 3.25. The topological polar surface area (TPSA) is 62.8 Å². The van der Waals surface area contributed by atoms with Crippen LogP contribution in [0.3, 0.4) is 0 Å². The van der Waals surface area contributed by atoms with Crippen LogP contribution in [-0.2, 0) is 0 Å². The molecule has 12 heavy (non-hydrogen) atoms. The maximum absolute atomic E-state index is 5.56. The summed E-state index contributed by atoms with van der Waals surface area (Å²) in [6.07, 6.45) is 0. The number of benzene rings is 1. The number of hydrogen-bond donors (Lipinski definition) is 2. The summed E-state index contributed by atoms with van der Waals surface area (Å²) in [6, 6.07) is 7.72. The summed E-state index contributed by atoms with van der Waals surface area (Å²) in [5.74, 6) is 0. The highest BCUT2D eigenvalue weighted by Gasteiger charge is 2.03. The van der Waals surface area contributed by atoms with Crippen LogP contribution in [0.25, 0.3) is 0 Å². The van der Waals surface area contributed by atoms with E-state index in [1.807, 2.05) is 24.3 Å². The van der Waals surface area contributed by atoms with E-state index in [1.165, 1.54) is 0 Å². The molecule has 0 radical (unpaired) electrons. The van der Waals surface area contributed by atoms with Crippen molar-refractivity contribution in [2.45, 2.75) is 0 Å². The molecule has 62 valence electrons. The number of nitrogens with one attached hydrogen (secondary N) is 1. The van der Waals surface area contributed by atoms with E-state index in [4.69, 9.17) is 5.73 Å². The van der Waals surface area contributed by atoms with Crippen LogP contribution < -0.4 is 11.2 Å². The van der Waals surface area contributed by atoms with Crippen molar-refractivity contribution in [2.24, 2.45) is 8.55 Å². The highest BCUT2D eigenvalue weighted by molar-refractivity contribution is 14.2. The molecule has 0 bridgehead atoms. The van der Waals surface area contributed by atoms with E-state index in [-0.39, 0.29) is 21.0 Å². The van der Waals surface area contributed by atoms with Gasteiger partial charge in [0.05, 0.1) is 21.0 Å². The minimum absolute atomic E-state index is 0.289. The largest absolute Gasteiger partial charge is 0.399 e. The number of nitrogens with two attached hydrogens (primary N) is 1. The SMILES string of the molecule is Nc1ccc(C2=IN=NN2)cc1. The number of hydrogen-bond acceptors (Lipinski definition) is 4. The van der Waals surface area contributed by atoms with Gasteiger partial charge in [0.2, 0.25) is 0 Å². The van der Waals surface area contributed by atoms with Crippen LogP contribution in [0.4, 0.5) is 5.69 Å². The van der Waals surface area contributed by atoms with E-state index in [0.717, 1.165) is 14.9 Å². The van der Waals surface area contributed by atoms with E-state index < -0.39 is 0 Å². The van der Waals surface area contributed by atoms with Crippen LogP contribution in [0.1, 0.15) is 5.56 Å². The van der Waals surface area contributed by atoms with Gasteiger partial charge in [0.15, 0.2) is 0 Å². The normalized spacial score (nSPS) is 14.8. The van der Waals surface area contributed by atoms with Crippen LogP contribution in [0.15, 0.2) is 32.8 Å². The average Bonchev–Trinajstić information content (AvgIpc) is 2.58. The molecule has 4 nitrogen and oxygen atoms in total. The maximum Gasteiger partial charge on any atom is 0.117 e. The Labute approximate surface area is 79.9 Å². The molecule has 1 heterocycles. The molecule has 1 aliphatic heterocycles. The van der Waals surface area contributed by atoms with E-state index in [2.05, 4.69) is 14.0 Å². The Morgan fingerprint density at radius 2 is 2.00 bits per heavy atom. The van der Waals surface area contributed by atoms with Gasteiger partial charge in [-0.3, -0.25) is 5.43 Å². The summed E-state index contributed by atoms with van der Waals surface area (Å²) in [4.78, 5) is 0. The average molecular weight is 274 g/mol. The van der Waals surface area contributed by atoms with Gasteiger partial charge in [-0.2, -0.15) is 0 Å². The second-order valence-electron chi connectivity index (χ2n) is 2.31. The van der Waals surface area contributed by atoms with Crippen LogP contribution in [-0.4, -0.2) is 3.63 Å². The molecule has 0 aliphatic carbocycles. The third-order valence-electron chi connectivity index (χ3n) is 1.47. The minimum Gasteiger partial charge on any atom is -0.399 e. The molecule has 0 saturated heterocycles. The van der Waals surface area contributed by atoms with Crippen molar-refractivity contribution in [1.82, 2.24) is 5.43 Å². The standard InChI is InChI=1S/C7H7IN4/c9-6-3-1-5(2-4-6)7-8-11-12-10-7/h1-4H,9H2,(H,10,11). The summed E-state index contributed by atoms with van der Waals surface area (Å²) < 4.78 is 5.05. The van der Waals surface area contributed by atoms with Crippen molar-refractivity contribution in [1.29, 1.82) is 0 Å². The van der Waals surface area contributed by atoms with Gasteiger partial charge in [-0.25, -0.2) is 0 Å². The Morgan fingerprint density at radius 3 is 2.58 bits per heavy atom. The number of nitrogen functional groups attached to an aromatic ring is 1. The summed E-state index contributed by atoms with van der Waals surface area (Å²) in [7, 11) is 0. The van der Waals surface area contributed by atoms with Gasteiger partial charge >= 0.3 is 0 Å². The van der Waals surface area contributed by atoms with E-state index >= 15 is 0 Å². The van der Waals surface area contributed by atoms with Crippen molar-refractivity contribution in [3.05, 3.63) is 29.8 Å². The first-order chi connectivity index (χ1) is 5.86. The van der Waals surface area contributed by atoms with Gasteiger partial charge in [-0.15, -0.1) is 3.33 Å². The fraction of sp³-hybridized carbons (Fsp3) is 0. The first-order valence-electron chi connectivity index (χ1n) is 3.39. The highest BCUT2D eigenvalue weighted by atomic mass is 127. The van der Waals surface area contributed by atoms with Gasteiger partial charge in [0.1, 0.15) is 3.63 Å². The molecule has 0 atom stereocenters. The molecule has 3 N–H and O–H groups in total. The second-order valence-corrected chi connectivity index (χ2v) is 4.30. The monoisotopic (exact) mass is 274 g/mol. The molecule has 1 aromatic rings. The number of rotatable bonds is 1. The minimum atomic E-state index is -0.289. The summed E-state index contributed by atoms with van der Waals surface area (Å²) in [6.45, 7) is 0. The number of nitrogens with zero attached hydrogens (tertiary/aromatic N) is 2. The maximum atomic E-state index is 5.56. The number of halogens is 1. The van der Waals surface area contributed by atoms with Crippen molar-refractivity contribution < 1.29 is 0 Å². The van der Waals surface area contributed by atoms with E-state index in [0.29, 0.717) is 0 Å². The van der Waals surface area contributed by atoms with Crippen LogP contribution >= 0.6 is 21.0 Å². The molecule has 0 saturated carbocycles. The van der Waals surface area contributed by atoms with Crippen LogP contribution in [0.5, 0.6) is 0 Å². The summed E-state index contributed by atoms with van der Waals surface area (Å²) in [5.41, 5.74) is 10.4. The van der Waals surface area contributed by atoms with Gasteiger partial charge in [0, 0.05) is 11.3 Å². The van der Waals surface area contributed by atoms with Gasteiger partial charge in [-0.1, -0.05) is 17.4 Å². The second kappa shape index (κ2) is 3.18. The smallest absolute Gasteiger partial charge is 0.117 e. The molecule has 0 unspecified atom stereocenters. The molecule has 0 aromatic heterocycles. The Balaban J connectivity index is 2.30. The zero-order valence-electron chi connectivity index (χ0n) is 6.16. The lowest BCUT2D eigenvalue weighted by atomic mass is 10.2. The van der Waals surface area contributed by atoms with Crippen molar-refractivity contribution in [2.75, 3.05) is 5.73 Å². The number of anilines is 1. The Hall–Kier alpha value is -0.980. The Bertz CT molecular complexity index is 341.